The van der Waals surface area contributed by atoms with Crippen molar-refractivity contribution in [1.82, 2.24) is 24.6 Å². The summed E-state index contributed by atoms with van der Waals surface area (Å²) in [6.07, 6.45) is 2.99. The molecule has 0 radical (unpaired) electrons. The predicted octanol–water partition coefficient (Wildman–Crippen LogP) is 3.32. The lowest BCUT2D eigenvalue weighted by molar-refractivity contribution is 0.0169. The lowest BCUT2D eigenvalue weighted by Gasteiger charge is -2.34. The Morgan fingerprint density at radius 3 is 2.65 bits per heavy atom. The van der Waals surface area contributed by atoms with E-state index in [-0.39, 0.29) is 12.1 Å². The summed E-state index contributed by atoms with van der Waals surface area (Å²) in [4.78, 5) is 22.5. The zero-order valence-electron chi connectivity index (χ0n) is 16.6. The van der Waals surface area contributed by atoms with Crippen molar-refractivity contribution in [2.75, 3.05) is 18.8 Å². The number of piperidine rings is 1. The third-order valence-corrected chi connectivity index (χ3v) is 4.09. The summed E-state index contributed by atoms with van der Waals surface area (Å²) in [7, 11) is 0. The van der Waals surface area contributed by atoms with Crippen LogP contribution in [0.5, 0.6) is 0 Å². The number of anilines is 1. The molecule has 1 saturated heterocycles. The lowest BCUT2D eigenvalue weighted by atomic mass is 10.1. The zero-order valence-corrected chi connectivity index (χ0v) is 16.6. The number of nitrogens with two attached hydrogens (primary N) is 1. The van der Waals surface area contributed by atoms with E-state index in [2.05, 4.69) is 15.1 Å². The lowest BCUT2D eigenvalue weighted by Crippen LogP contribution is -2.43. The SMILES string of the molecule is CC.Cc1nn(C2CCCN(C(=O)OC(C)(C)C)C2)c2ncnc(N)c12. The van der Waals surface area contributed by atoms with Crippen LogP contribution in [0.3, 0.4) is 0 Å². The first-order valence-corrected chi connectivity index (χ1v) is 9.19. The molecule has 2 aromatic rings. The Morgan fingerprint density at radius 2 is 2.00 bits per heavy atom. The van der Waals surface area contributed by atoms with E-state index < -0.39 is 5.60 Å². The monoisotopic (exact) mass is 362 g/mol. The molecule has 0 aromatic carbocycles. The minimum atomic E-state index is -0.499. The molecule has 26 heavy (non-hydrogen) atoms. The molecule has 1 aliphatic heterocycles. The third-order valence-electron chi connectivity index (χ3n) is 4.09. The second-order valence-corrected chi connectivity index (χ2v) is 7.21. The number of aromatic nitrogens is 4. The van der Waals surface area contributed by atoms with Crippen LogP contribution in [0.25, 0.3) is 11.0 Å². The number of hydrogen-bond donors (Lipinski definition) is 1. The van der Waals surface area contributed by atoms with Gasteiger partial charge in [-0.2, -0.15) is 5.10 Å². The van der Waals surface area contributed by atoms with Crippen molar-refractivity contribution in [3.8, 4) is 0 Å². The minimum Gasteiger partial charge on any atom is -0.444 e. The second-order valence-electron chi connectivity index (χ2n) is 7.21. The first kappa shape index (κ1) is 19.9. The van der Waals surface area contributed by atoms with E-state index in [9.17, 15) is 4.79 Å². The van der Waals surface area contributed by atoms with Gasteiger partial charge in [-0.05, 0) is 40.5 Å². The van der Waals surface area contributed by atoms with Crippen molar-refractivity contribution in [2.45, 2.75) is 66.0 Å². The zero-order chi connectivity index (χ0) is 19.5. The number of rotatable bonds is 1. The van der Waals surface area contributed by atoms with Crippen molar-refractivity contribution in [3.05, 3.63) is 12.0 Å². The number of likely N-dealkylation sites (tertiary alicyclic amines) is 1. The van der Waals surface area contributed by atoms with Crippen LogP contribution in [-0.2, 0) is 4.74 Å². The number of nitrogens with zero attached hydrogens (tertiary/aromatic N) is 5. The van der Waals surface area contributed by atoms with Crippen LogP contribution >= 0.6 is 0 Å². The fraction of sp³-hybridized carbons (Fsp3) is 0.667. The summed E-state index contributed by atoms with van der Waals surface area (Å²) in [6, 6.07) is 0.0526. The smallest absolute Gasteiger partial charge is 0.410 e. The number of nitrogen functional groups attached to an aromatic ring is 1. The van der Waals surface area contributed by atoms with E-state index in [0.29, 0.717) is 18.9 Å². The molecule has 8 heteroatoms. The molecule has 3 rings (SSSR count). The Kier molecular flexibility index (Phi) is 6.05. The fourth-order valence-corrected chi connectivity index (χ4v) is 3.07. The van der Waals surface area contributed by atoms with Gasteiger partial charge in [0.25, 0.3) is 0 Å². The minimum absolute atomic E-state index is 0.0526. The van der Waals surface area contributed by atoms with Crippen molar-refractivity contribution in [1.29, 1.82) is 0 Å². The van der Waals surface area contributed by atoms with Crippen molar-refractivity contribution < 1.29 is 9.53 Å². The topological polar surface area (TPSA) is 99.2 Å². The van der Waals surface area contributed by atoms with Crippen molar-refractivity contribution >= 4 is 22.9 Å². The molecular formula is C18H30N6O2. The molecular weight excluding hydrogens is 332 g/mol. The predicted molar refractivity (Wildman–Crippen MR) is 102 cm³/mol. The number of aryl methyl sites for hydroxylation is 1. The molecule has 1 atom stereocenters. The number of hydrogen-bond acceptors (Lipinski definition) is 6. The number of carbonyl (C=O) groups is 1. The van der Waals surface area contributed by atoms with E-state index in [4.69, 9.17) is 10.5 Å². The highest BCUT2D eigenvalue weighted by Gasteiger charge is 2.30. The Morgan fingerprint density at radius 1 is 1.31 bits per heavy atom. The number of carbonyl (C=O) groups excluding carboxylic acids is 1. The van der Waals surface area contributed by atoms with Crippen molar-refractivity contribution in [2.24, 2.45) is 0 Å². The Labute approximate surface area is 154 Å². The summed E-state index contributed by atoms with van der Waals surface area (Å²) < 4.78 is 7.36. The Bertz CT molecular complexity index is 765. The van der Waals surface area contributed by atoms with Gasteiger partial charge in [-0.3, -0.25) is 0 Å². The van der Waals surface area contributed by atoms with E-state index in [1.54, 1.807) is 4.90 Å². The van der Waals surface area contributed by atoms with Gasteiger partial charge in [0.05, 0.1) is 17.1 Å². The Hall–Kier alpha value is -2.38. The fourth-order valence-electron chi connectivity index (χ4n) is 3.07. The summed E-state index contributed by atoms with van der Waals surface area (Å²) in [6.45, 7) is 12.8. The number of amides is 1. The quantitative estimate of drug-likeness (QED) is 0.835. The number of ether oxygens (including phenoxy) is 1. The molecule has 1 aliphatic rings. The van der Waals surface area contributed by atoms with Crippen LogP contribution in [0.2, 0.25) is 0 Å². The van der Waals surface area contributed by atoms with Crippen LogP contribution in [0.4, 0.5) is 10.6 Å². The van der Waals surface area contributed by atoms with Gasteiger partial charge in [-0.1, -0.05) is 13.8 Å². The summed E-state index contributed by atoms with van der Waals surface area (Å²) in [5.41, 5.74) is 6.98. The number of fused-ring (bicyclic) bond motifs is 1. The molecule has 3 heterocycles. The maximum absolute atomic E-state index is 12.3. The van der Waals surface area contributed by atoms with Gasteiger partial charge in [0, 0.05) is 13.1 Å². The summed E-state index contributed by atoms with van der Waals surface area (Å²) >= 11 is 0. The normalized spacial score (nSPS) is 17.6. The van der Waals surface area contributed by atoms with Gasteiger partial charge in [0.15, 0.2) is 5.65 Å². The van der Waals surface area contributed by atoms with Crippen LogP contribution in [0, 0.1) is 6.92 Å². The van der Waals surface area contributed by atoms with Crippen LogP contribution in [-0.4, -0.2) is 49.4 Å². The molecule has 0 saturated carbocycles. The largest absolute Gasteiger partial charge is 0.444 e. The summed E-state index contributed by atoms with van der Waals surface area (Å²) in [5.74, 6) is 0.434. The first-order valence-electron chi connectivity index (χ1n) is 9.19. The average Bonchev–Trinajstić information content (AvgIpc) is 2.93. The maximum atomic E-state index is 12.3. The maximum Gasteiger partial charge on any atom is 0.410 e. The summed E-state index contributed by atoms with van der Waals surface area (Å²) in [5, 5.41) is 5.38. The highest BCUT2D eigenvalue weighted by Crippen LogP contribution is 2.28. The van der Waals surface area contributed by atoms with E-state index in [0.717, 1.165) is 29.6 Å². The van der Waals surface area contributed by atoms with Gasteiger partial charge >= 0.3 is 6.09 Å². The first-order chi connectivity index (χ1) is 12.3. The molecule has 0 spiro atoms. The van der Waals surface area contributed by atoms with Crippen LogP contribution in [0.1, 0.15) is 59.2 Å². The average molecular weight is 362 g/mol. The van der Waals surface area contributed by atoms with Gasteiger partial charge in [-0.15, -0.1) is 0 Å². The third kappa shape index (κ3) is 4.23. The molecule has 8 nitrogen and oxygen atoms in total. The molecule has 1 unspecified atom stereocenters. The molecule has 1 fully saturated rings. The molecule has 2 N–H and O–H groups in total. The van der Waals surface area contributed by atoms with Gasteiger partial charge < -0.3 is 15.4 Å². The standard InChI is InChI=1S/C16H24N6O2.C2H6/c1-10-12-13(17)18-9-19-14(12)22(20-10)11-6-5-7-21(8-11)15(23)24-16(2,3)4;1-2/h9,11H,5-8H2,1-4H3,(H2,17,18,19);1-2H3. The highest BCUT2D eigenvalue weighted by atomic mass is 16.6. The van der Waals surface area contributed by atoms with Gasteiger partial charge in [0.2, 0.25) is 0 Å². The molecule has 0 bridgehead atoms. The molecule has 2 aromatic heterocycles. The molecule has 0 aliphatic carbocycles. The van der Waals surface area contributed by atoms with E-state index in [1.807, 2.05) is 46.2 Å². The second kappa shape index (κ2) is 7.88. The Balaban J connectivity index is 0.00000117. The van der Waals surface area contributed by atoms with E-state index >= 15 is 0 Å². The van der Waals surface area contributed by atoms with E-state index in [1.165, 1.54) is 6.33 Å². The molecule has 144 valence electrons. The van der Waals surface area contributed by atoms with Crippen LogP contribution < -0.4 is 5.73 Å². The highest BCUT2D eigenvalue weighted by molar-refractivity contribution is 5.87. The molecule has 1 amide bonds. The van der Waals surface area contributed by atoms with Gasteiger partial charge in [-0.25, -0.2) is 19.4 Å². The van der Waals surface area contributed by atoms with Gasteiger partial charge in [0.1, 0.15) is 17.7 Å². The van der Waals surface area contributed by atoms with Crippen LogP contribution in [0.15, 0.2) is 6.33 Å². The van der Waals surface area contributed by atoms with Crippen molar-refractivity contribution in [3.63, 3.8) is 0 Å².